The lowest BCUT2D eigenvalue weighted by atomic mass is 10.00. The number of aryl methyl sites for hydroxylation is 1. The molecule has 2 heterocycles. The molecule has 0 aromatic carbocycles. The van der Waals surface area contributed by atoms with Crippen molar-refractivity contribution in [2.75, 3.05) is 18.1 Å². The molecule has 1 unspecified atom stereocenters. The molecule has 0 saturated carbocycles. The normalized spacial score (nSPS) is 20.6. The van der Waals surface area contributed by atoms with Gasteiger partial charge in [-0.3, -0.25) is 4.79 Å². The highest BCUT2D eigenvalue weighted by Crippen LogP contribution is 2.22. The lowest BCUT2D eigenvalue weighted by Crippen LogP contribution is -2.44. The van der Waals surface area contributed by atoms with Gasteiger partial charge in [-0.05, 0) is 25.7 Å². The van der Waals surface area contributed by atoms with E-state index < -0.39 is 0 Å². The number of aliphatic hydroxyl groups is 1. The van der Waals surface area contributed by atoms with Crippen LogP contribution in [0.4, 0.5) is 5.82 Å². The summed E-state index contributed by atoms with van der Waals surface area (Å²) < 4.78 is 1.55. The van der Waals surface area contributed by atoms with Crippen molar-refractivity contribution >= 4 is 5.82 Å². The largest absolute Gasteiger partial charge is 0.396 e. The number of nitrogens with zero attached hydrogens (tertiary/aromatic N) is 3. The Kier molecular flexibility index (Phi) is 3.78. The third-order valence-corrected chi connectivity index (χ3v) is 3.36. The number of piperidine rings is 1. The van der Waals surface area contributed by atoms with Crippen LogP contribution < -0.4 is 10.5 Å². The van der Waals surface area contributed by atoms with Crippen LogP contribution in [0.5, 0.6) is 0 Å². The molecule has 1 aromatic heterocycles. The Hall–Kier alpha value is -1.36. The molecular formula is C12H19N3O2. The highest BCUT2D eigenvalue weighted by Gasteiger charge is 2.25. The second-order valence-corrected chi connectivity index (χ2v) is 4.52. The summed E-state index contributed by atoms with van der Waals surface area (Å²) >= 11 is 0. The lowest BCUT2D eigenvalue weighted by Gasteiger charge is -2.35. The van der Waals surface area contributed by atoms with Crippen LogP contribution in [0.3, 0.4) is 0 Å². The van der Waals surface area contributed by atoms with Gasteiger partial charge in [-0.25, -0.2) is 4.98 Å². The molecule has 0 aliphatic carbocycles. The fraction of sp³-hybridized carbons (Fsp3) is 0.667. The van der Waals surface area contributed by atoms with Gasteiger partial charge in [-0.1, -0.05) is 0 Å². The molecule has 1 saturated heterocycles. The molecule has 0 spiro atoms. The van der Waals surface area contributed by atoms with E-state index in [1.54, 1.807) is 24.0 Å². The lowest BCUT2D eigenvalue weighted by molar-refractivity contribution is 0.262. The molecule has 5 nitrogen and oxygen atoms in total. The Morgan fingerprint density at radius 2 is 2.35 bits per heavy atom. The minimum absolute atomic E-state index is 0.0580. The van der Waals surface area contributed by atoms with E-state index in [2.05, 4.69) is 9.88 Å². The summed E-state index contributed by atoms with van der Waals surface area (Å²) in [7, 11) is 1.73. The van der Waals surface area contributed by atoms with Crippen LogP contribution in [-0.4, -0.2) is 33.9 Å². The molecule has 5 heteroatoms. The number of aliphatic hydroxyl groups excluding tert-OH is 1. The van der Waals surface area contributed by atoms with Crippen LogP contribution in [0, 0.1) is 0 Å². The Bertz CT molecular complexity index is 428. The van der Waals surface area contributed by atoms with Crippen LogP contribution in [-0.2, 0) is 7.05 Å². The minimum Gasteiger partial charge on any atom is -0.396 e. The summed E-state index contributed by atoms with van der Waals surface area (Å²) in [5, 5.41) is 9.08. The van der Waals surface area contributed by atoms with E-state index in [4.69, 9.17) is 5.11 Å². The molecule has 0 amide bonds. The molecule has 1 fully saturated rings. The van der Waals surface area contributed by atoms with Crippen LogP contribution >= 0.6 is 0 Å². The first kappa shape index (κ1) is 12.1. The molecular weight excluding hydrogens is 218 g/mol. The number of anilines is 1. The summed E-state index contributed by atoms with van der Waals surface area (Å²) in [5.74, 6) is 0.521. The number of hydrogen-bond acceptors (Lipinski definition) is 4. The maximum Gasteiger partial charge on any atom is 0.293 e. The van der Waals surface area contributed by atoms with Gasteiger partial charge >= 0.3 is 0 Å². The summed E-state index contributed by atoms with van der Waals surface area (Å²) in [4.78, 5) is 18.3. The Labute approximate surface area is 101 Å². The third kappa shape index (κ3) is 2.49. The number of hydrogen-bond donors (Lipinski definition) is 1. The van der Waals surface area contributed by atoms with Crippen molar-refractivity contribution in [1.29, 1.82) is 0 Å². The molecule has 17 heavy (non-hydrogen) atoms. The van der Waals surface area contributed by atoms with E-state index in [1.165, 1.54) is 0 Å². The standard InChI is InChI=1S/C12H19N3O2/c1-14-8-6-13-11(12(14)17)15-7-3-2-4-10(15)5-9-16/h6,8,10,16H,2-5,7,9H2,1H3. The highest BCUT2D eigenvalue weighted by molar-refractivity contribution is 5.37. The molecule has 2 rings (SSSR count). The van der Waals surface area contributed by atoms with E-state index in [1.807, 2.05) is 0 Å². The molecule has 1 aliphatic rings. The van der Waals surface area contributed by atoms with Crippen LogP contribution in [0.25, 0.3) is 0 Å². The Balaban J connectivity index is 2.29. The van der Waals surface area contributed by atoms with E-state index >= 15 is 0 Å². The van der Waals surface area contributed by atoms with Crippen molar-refractivity contribution in [2.24, 2.45) is 7.05 Å². The van der Waals surface area contributed by atoms with Crippen molar-refractivity contribution in [3.63, 3.8) is 0 Å². The molecule has 1 atom stereocenters. The maximum absolute atomic E-state index is 12.0. The first-order valence-electron chi connectivity index (χ1n) is 6.13. The van der Waals surface area contributed by atoms with Gasteiger partial charge in [-0.15, -0.1) is 0 Å². The molecule has 94 valence electrons. The number of rotatable bonds is 3. The van der Waals surface area contributed by atoms with Gasteiger partial charge in [0, 0.05) is 38.6 Å². The molecule has 1 aliphatic heterocycles. The highest BCUT2D eigenvalue weighted by atomic mass is 16.3. The quantitative estimate of drug-likeness (QED) is 0.832. The number of aromatic nitrogens is 2. The van der Waals surface area contributed by atoms with Crippen LogP contribution in [0.2, 0.25) is 0 Å². The van der Waals surface area contributed by atoms with Gasteiger partial charge < -0.3 is 14.6 Å². The van der Waals surface area contributed by atoms with E-state index in [-0.39, 0.29) is 18.2 Å². The van der Waals surface area contributed by atoms with Crippen LogP contribution in [0.1, 0.15) is 25.7 Å². The first-order chi connectivity index (χ1) is 8.24. The smallest absolute Gasteiger partial charge is 0.293 e. The molecule has 1 aromatic rings. The van der Waals surface area contributed by atoms with E-state index in [0.29, 0.717) is 12.2 Å². The Morgan fingerprint density at radius 1 is 1.53 bits per heavy atom. The fourth-order valence-electron chi connectivity index (χ4n) is 2.41. The predicted molar refractivity (Wildman–Crippen MR) is 66.2 cm³/mol. The van der Waals surface area contributed by atoms with E-state index in [0.717, 1.165) is 25.8 Å². The third-order valence-electron chi connectivity index (χ3n) is 3.36. The zero-order chi connectivity index (χ0) is 12.3. The molecule has 0 radical (unpaired) electrons. The van der Waals surface area contributed by atoms with Crippen molar-refractivity contribution < 1.29 is 5.11 Å². The van der Waals surface area contributed by atoms with Crippen molar-refractivity contribution in [1.82, 2.24) is 9.55 Å². The van der Waals surface area contributed by atoms with Gasteiger partial charge in [0.25, 0.3) is 5.56 Å². The van der Waals surface area contributed by atoms with Crippen LogP contribution in [0.15, 0.2) is 17.2 Å². The van der Waals surface area contributed by atoms with Gasteiger partial charge in [0.05, 0.1) is 0 Å². The van der Waals surface area contributed by atoms with Gasteiger partial charge in [-0.2, -0.15) is 0 Å². The second-order valence-electron chi connectivity index (χ2n) is 4.52. The maximum atomic E-state index is 12.0. The summed E-state index contributed by atoms with van der Waals surface area (Å²) in [6, 6.07) is 0.247. The van der Waals surface area contributed by atoms with E-state index in [9.17, 15) is 4.79 Å². The zero-order valence-electron chi connectivity index (χ0n) is 10.2. The molecule has 0 bridgehead atoms. The minimum atomic E-state index is -0.0580. The van der Waals surface area contributed by atoms with Crippen molar-refractivity contribution in [2.45, 2.75) is 31.7 Å². The van der Waals surface area contributed by atoms with Crippen molar-refractivity contribution in [3.8, 4) is 0 Å². The summed E-state index contributed by atoms with van der Waals surface area (Å²) in [5.41, 5.74) is -0.0580. The predicted octanol–water partition coefficient (Wildman–Crippen LogP) is 0.522. The zero-order valence-corrected chi connectivity index (χ0v) is 10.2. The second kappa shape index (κ2) is 5.31. The monoisotopic (exact) mass is 237 g/mol. The summed E-state index contributed by atoms with van der Waals surface area (Å²) in [6.45, 7) is 1.02. The first-order valence-corrected chi connectivity index (χ1v) is 6.13. The van der Waals surface area contributed by atoms with Gasteiger partial charge in [0.1, 0.15) is 0 Å². The topological polar surface area (TPSA) is 58.4 Å². The van der Waals surface area contributed by atoms with Gasteiger partial charge in [0.2, 0.25) is 0 Å². The fourth-order valence-corrected chi connectivity index (χ4v) is 2.41. The summed E-state index contributed by atoms with van der Waals surface area (Å²) in [6.07, 6.45) is 7.30. The average Bonchev–Trinajstić information content (AvgIpc) is 2.34. The van der Waals surface area contributed by atoms with Gasteiger partial charge in [0.15, 0.2) is 5.82 Å². The van der Waals surface area contributed by atoms with Crippen molar-refractivity contribution in [3.05, 3.63) is 22.7 Å². The average molecular weight is 237 g/mol. The Morgan fingerprint density at radius 3 is 3.12 bits per heavy atom. The SMILES string of the molecule is Cn1ccnc(N2CCCCC2CCO)c1=O. The molecule has 1 N–H and O–H groups in total.